The van der Waals surface area contributed by atoms with E-state index in [-0.39, 0.29) is 11.6 Å². The molecular formula is C14H14FNO2S. The van der Waals surface area contributed by atoms with Crippen molar-refractivity contribution in [1.82, 2.24) is 0 Å². The van der Waals surface area contributed by atoms with Gasteiger partial charge < -0.3 is 0 Å². The van der Waals surface area contributed by atoms with Crippen LogP contribution < -0.4 is 4.72 Å². The second-order valence-corrected chi connectivity index (χ2v) is 6.02. The summed E-state index contributed by atoms with van der Waals surface area (Å²) in [5.41, 5.74) is 1.96. The second-order valence-electron chi connectivity index (χ2n) is 4.30. The van der Waals surface area contributed by atoms with Crippen LogP contribution in [0.25, 0.3) is 0 Å². The Hall–Kier alpha value is -1.88. The van der Waals surface area contributed by atoms with E-state index in [2.05, 4.69) is 4.72 Å². The minimum Gasteiger partial charge on any atom is -0.283 e. The smallest absolute Gasteiger partial charge is 0.236 e. The van der Waals surface area contributed by atoms with Crippen LogP contribution in [0.2, 0.25) is 0 Å². The summed E-state index contributed by atoms with van der Waals surface area (Å²) in [5.74, 6) is -0.560. The number of hydrogen-bond acceptors (Lipinski definition) is 2. The van der Waals surface area contributed by atoms with Crippen LogP contribution in [-0.2, 0) is 15.8 Å². The molecule has 0 spiro atoms. The molecule has 0 aromatic heterocycles. The van der Waals surface area contributed by atoms with Crippen LogP contribution in [0.1, 0.15) is 11.1 Å². The van der Waals surface area contributed by atoms with E-state index in [4.69, 9.17) is 0 Å². The Balaban J connectivity index is 2.15. The van der Waals surface area contributed by atoms with E-state index in [9.17, 15) is 12.8 Å². The third kappa shape index (κ3) is 3.79. The first-order valence-corrected chi connectivity index (χ1v) is 7.42. The Morgan fingerprint density at radius 2 is 1.68 bits per heavy atom. The second kappa shape index (κ2) is 5.40. The van der Waals surface area contributed by atoms with Gasteiger partial charge in [-0.1, -0.05) is 30.3 Å². The van der Waals surface area contributed by atoms with Crippen molar-refractivity contribution in [3.05, 3.63) is 65.5 Å². The van der Waals surface area contributed by atoms with Crippen LogP contribution in [0.15, 0.2) is 48.5 Å². The summed E-state index contributed by atoms with van der Waals surface area (Å²) in [6.45, 7) is 1.83. The molecule has 0 heterocycles. The molecule has 0 saturated heterocycles. The number of benzene rings is 2. The van der Waals surface area contributed by atoms with Gasteiger partial charge in [-0.2, -0.15) is 0 Å². The summed E-state index contributed by atoms with van der Waals surface area (Å²) in [7, 11) is -3.50. The number of nitrogens with one attached hydrogen (secondary N) is 1. The van der Waals surface area contributed by atoms with Crippen LogP contribution in [-0.4, -0.2) is 8.42 Å². The van der Waals surface area contributed by atoms with E-state index in [1.54, 1.807) is 12.1 Å². The molecular weight excluding hydrogens is 265 g/mol. The van der Waals surface area contributed by atoms with E-state index in [0.29, 0.717) is 11.3 Å². The third-order valence-corrected chi connectivity index (χ3v) is 3.92. The van der Waals surface area contributed by atoms with Crippen molar-refractivity contribution in [2.75, 3.05) is 4.72 Å². The van der Waals surface area contributed by atoms with Gasteiger partial charge in [-0.25, -0.2) is 12.8 Å². The van der Waals surface area contributed by atoms with Crippen molar-refractivity contribution in [2.24, 2.45) is 0 Å². The third-order valence-electron chi connectivity index (χ3n) is 2.68. The molecule has 5 heteroatoms. The summed E-state index contributed by atoms with van der Waals surface area (Å²) < 4.78 is 39.3. The summed E-state index contributed by atoms with van der Waals surface area (Å²) in [5, 5.41) is 0. The highest BCUT2D eigenvalue weighted by Gasteiger charge is 2.12. The maximum atomic E-state index is 12.8. The van der Waals surface area contributed by atoms with Gasteiger partial charge in [-0.3, -0.25) is 4.72 Å². The lowest BCUT2D eigenvalue weighted by Gasteiger charge is -2.10. The maximum Gasteiger partial charge on any atom is 0.236 e. The molecule has 2 aromatic carbocycles. The van der Waals surface area contributed by atoms with Gasteiger partial charge in [0.1, 0.15) is 5.82 Å². The van der Waals surface area contributed by atoms with Crippen molar-refractivity contribution in [2.45, 2.75) is 12.7 Å². The zero-order valence-electron chi connectivity index (χ0n) is 10.4. The molecule has 19 heavy (non-hydrogen) atoms. The van der Waals surface area contributed by atoms with Gasteiger partial charge in [0.2, 0.25) is 10.0 Å². The standard InChI is InChI=1S/C14H14FNO2S/c1-11-4-2-3-5-14(11)16-19(17,18)10-12-6-8-13(15)9-7-12/h2-9,16H,10H2,1H3. The molecule has 0 amide bonds. The molecule has 2 aromatic rings. The van der Waals surface area contributed by atoms with Crippen LogP contribution >= 0.6 is 0 Å². The molecule has 0 aliphatic rings. The molecule has 0 bridgehead atoms. The number of halogens is 1. The summed E-state index contributed by atoms with van der Waals surface area (Å²) in [6.07, 6.45) is 0. The largest absolute Gasteiger partial charge is 0.283 e. The molecule has 100 valence electrons. The SMILES string of the molecule is Cc1ccccc1NS(=O)(=O)Cc1ccc(F)cc1. The Labute approximate surface area is 112 Å². The Bertz CT molecular complexity index is 666. The topological polar surface area (TPSA) is 46.2 Å². The first-order valence-electron chi connectivity index (χ1n) is 5.77. The lowest BCUT2D eigenvalue weighted by Crippen LogP contribution is -2.15. The Morgan fingerprint density at radius 1 is 1.05 bits per heavy atom. The van der Waals surface area contributed by atoms with Crippen LogP contribution in [0.5, 0.6) is 0 Å². The van der Waals surface area contributed by atoms with Gasteiger partial charge in [0.15, 0.2) is 0 Å². The Kier molecular flexibility index (Phi) is 3.85. The average Bonchev–Trinajstić information content (AvgIpc) is 2.35. The molecule has 0 saturated carbocycles. The molecule has 1 N–H and O–H groups in total. The van der Waals surface area contributed by atoms with Crippen molar-refractivity contribution >= 4 is 15.7 Å². The van der Waals surface area contributed by atoms with Crippen LogP contribution in [0.4, 0.5) is 10.1 Å². The fraction of sp³-hybridized carbons (Fsp3) is 0.143. The van der Waals surface area contributed by atoms with E-state index >= 15 is 0 Å². The molecule has 0 fully saturated rings. The molecule has 2 rings (SSSR count). The van der Waals surface area contributed by atoms with Crippen LogP contribution in [0, 0.1) is 12.7 Å². The zero-order valence-corrected chi connectivity index (χ0v) is 11.2. The minimum atomic E-state index is -3.50. The number of aryl methyl sites for hydroxylation is 1. The normalized spacial score (nSPS) is 11.3. The van der Waals surface area contributed by atoms with Crippen molar-refractivity contribution in [3.63, 3.8) is 0 Å². The Morgan fingerprint density at radius 3 is 2.32 bits per heavy atom. The number of anilines is 1. The first kappa shape index (κ1) is 13.5. The van der Waals surface area contributed by atoms with Gasteiger partial charge in [0, 0.05) is 0 Å². The van der Waals surface area contributed by atoms with Crippen molar-refractivity contribution in [1.29, 1.82) is 0 Å². The number of rotatable bonds is 4. The van der Waals surface area contributed by atoms with Crippen LogP contribution in [0.3, 0.4) is 0 Å². The highest BCUT2D eigenvalue weighted by atomic mass is 32.2. The molecule has 3 nitrogen and oxygen atoms in total. The monoisotopic (exact) mass is 279 g/mol. The number of hydrogen-bond donors (Lipinski definition) is 1. The minimum absolute atomic E-state index is 0.179. The molecule has 0 radical (unpaired) electrons. The summed E-state index contributed by atoms with van der Waals surface area (Å²) in [6, 6.07) is 12.6. The average molecular weight is 279 g/mol. The van der Waals surface area contributed by atoms with E-state index in [1.165, 1.54) is 24.3 Å². The van der Waals surface area contributed by atoms with Gasteiger partial charge in [0.25, 0.3) is 0 Å². The van der Waals surface area contributed by atoms with Crippen molar-refractivity contribution in [3.8, 4) is 0 Å². The lowest BCUT2D eigenvalue weighted by molar-refractivity contribution is 0.600. The highest BCUT2D eigenvalue weighted by Crippen LogP contribution is 2.17. The number of para-hydroxylation sites is 1. The predicted octanol–water partition coefficient (Wildman–Crippen LogP) is 3.08. The first-order chi connectivity index (χ1) is 8.96. The summed E-state index contributed by atoms with van der Waals surface area (Å²) in [4.78, 5) is 0. The van der Waals surface area contributed by atoms with E-state index in [1.807, 2.05) is 19.1 Å². The van der Waals surface area contributed by atoms with Crippen molar-refractivity contribution < 1.29 is 12.8 Å². The van der Waals surface area contributed by atoms with Gasteiger partial charge in [0.05, 0.1) is 11.4 Å². The quantitative estimate of drug-likeness (QED) is 0.935. The van der Waals surface area contributed by atoms with Gasteiger partial charge >= 0.3 is 0 Å². The highest BCUT2D eigenvalue weighted by molar-refractivity contribution is 7.91. The molecule has 0 aliphatic carbocycles. The van der Waals surface area contributed by atoms with Gasteiger partial charge in [-0.05, 0) is 36.2 Å². The molecule has 0 unspecified atom stereocenters. The number of sulfonamides is 1. The zero-order chi connectivity index (χ0) is 13.9. The summed E-state index contributed by atoms with van der Waals surface area (Å²) >= 11 is 0. The van der Waals surface area contributed by atoms with E-state index < -0.39 is 10.0 Å². The predicted molar refractivity (Wildman–Crippen MR) is 73.8 cm³/mol. The fourth-order valence-electron chi connectivity index (χ4n) is 1.69. The molecule has 0 atom stereocenters. The lowest BCUT2D eigenvalue weighted by atomic mass is 10.2. The maximum absolute atomic E-state index is 12.8. The fourth-order valence-corrected chi connectivity index (χ4v) is 2.96. The van der Waals surface area contributed by atoms with Gasteiger partial charge in [-0.15, -0.1) is 0 Å². The molecule has 0 aliphatic heterocycles. The van der Waals surface area contributed by atoms with E-state index in [0.717, 1.165) is 5.56 Å².